The SMILES string of the molecule is O=C(O)CC1(CC(F)(F)F)OC(c2cccc(Cl)c2)C(c2ccc(Cl)cc2)N(C(CN(c2ccccc2F)S(=O)(=O)C2CC2)C2CC2)C1=O. The number of carbonyl (C=O) groups excluding carboxylic acids is 1. The van der Waals surface area contributed by atoms with Gasteiger partial charge in [0.15, 0.2) is 5.60 Å². The van der Waals surface area contributed by atoms with Gasteiger partial charge in [-0.1, -0.05) is 59.6 Å². The monoisotopic (exact) mass is 742 g/mol. The average Bonchev–Trinajstić information content (AvgIpc) is 3.93. The molecular formula is C34H32Cl2F4N2O6S. The van der Waals surface area contributed by atoms with E-state index >= 15 is 4.39 Å². The molecule has 1 amide bonds. The summed E-state index contributed by atoms with van der Waals surface area (Å²) in [6, 6.07) is 15.2. The number of hydrogen-bond acceptors (Lipinski definition) is 5. The summed E-state index contributed by atoms with van der Waals surface area (Å²) < 4.78 is 93.5. The number of halogens is 6. The first-order chi connectivity index (χ1) is 23.1. The molecular weight excluding hydrogens is 711 g/mol. The predicted molar refractivity (Wildman–Crippen MR) is 174 cm³/mol. The number of rotatable bonds is 12. The molecule has 1 aliphatic heterocycles. The molecule has 3 aromatic rings. The van der Waals surface area contributed by atoms with Crippen LogP contribution in [0.25, 0.3) is 0 Å². The van der Waals surface area contributed by atoms with E-state index < -0.39 is 88.2 Å². The second kappa shape index (κ2) is 13.4. The van der Waals surface area contributed by atoms with Gasteiger partial charge in [-0.2, -0.15) is 13.2 Å². The van der Waals surface area contributed by atoms with Crippen molar-refractivity contribution in [2.24, 2.45) is 5.92 Å². The van der Waals surface area contributed by atoms with Crippen LogP contribution < -0.4 is 4.31 Å². The molecule has 0 bridgehead atoms. The van der Waals surface area contributed by atoms with E-state index in [-0.39, 0.29) is 16.3 Å². The molecule has 15 heteroatoms. The van der Waals surface area contributed by atoms with E-state index in [1.54, 1.807) is 24.3 Å². The summed E-state index contributed by atoms with van der Waals surface area (Å²) in [4.78, 5) is 28.3. The van der Waals surface area contributed by atoms with Crippen LogP contribution in [0.2, 0.25) is 10.0 Å². The molecule has 2 aliphatic carbocycles. The van der Waals surface area contributed by atoms with E-state index in [0.717, 1.165) is 10.4 Å². The lowest BCUT2D eigenvalue weighted by atomic mass is 9.83. The number of para-hydroxylation sites is 1. The first-order valence-electron chi connectivity index (χ1n) is 15.7. The fourth-order valence-corrected chi connectivity index (χ4v) is 8.87. The van der Waals surface area contributed by atoms with Gasteiger partial charge in [-0.3, -0.25) is 13.9 Å². The van der Waals surface area contributed by atoms with Gasteiger partial charge in [0.2, 0.25) is 10.0 Å². The van der Waals surface area contributed by atoms with Gasteiger partial charge in [0, 0.05) is 10.0 Å². The zero-order chi connectivity index (χ0) is 35.3. The Balaban J connectivity index is 1.58. The van der Waals surface area contributed by atoms with Gasteiger partial charge < -0.3 is 14.7 Å². The van der Waals surface area contributed by atoms with E-state index in [4.69, 9.17) is 27.9 Å². The first kappa shape index (κ1) is 35.4. The highest BCUT2D eigenvalue weighted by Gasteiger charge is 2.61. The van der Waals surface area contributed by atoms with Gasteiger partial charge in [-0.05, 0) is 79.1 Å². The summed E-state index contributed by atoms with van der Waals surface area (Å²) in [7, 11) is -4.18. The van der Waals surface area contributed by atoms with Crippen molar-refractivity contribution in [3.63, 3.8) is 0 Å². The summed E-state index contributed by atoms with van der Waals surface area (Å²) in [6.45, 7) is -0.488. The van der Waals surface area contributed by atoms with Crippen LogP contribution in [0.15, 0.2) is 72.8 Å². The minimum Gasteiger partial charge on any atom is -0.481 e. The Morgan fingerprint density at radius 2 is 1.65 bits per heavy atom. The quantitative estimate of drug-likeness (QED) is 0.191. The molecule has 1 N–H and O–H groups in total. The highest BCUT2D eigenvalue weighted by molar-refractivity contribution is 7.93. The summed E-state index contributed by atoms with van der Waals surface area (Å²) in [5.41, 5.74) is -2.56. The number of carboxylic acids is 1. The molecule has 3 aliphatic rings. The number of sulfonamides is 1. The summed E-state index contributed by atoms with van der Waals surface area (Å²) in [5.74, 6) is -4.22. The lowest BCUT2D eigenvalue weighted by molar-refractivity contribution is -0.242. The Morgan fingerprint density at radius 1 is 0.980 bits per heavy atom. The van der Waals surface area contributed by atoms with Crippen LogP contribution in [0.1, 0.15) is 61.8 Å². The van der Waals surface area contributed by atoms with Gasteiger partial charge in [-0.25, -0.2) is 12.8 Å². The standard InChI is InChI=1S/C34H32Cl2F4N2O6S/c35-23-12-10-21(11-13-23)30-31(22-4-3-5-24(36)16-22)48-33(17-29(43)44,19-34(38,39)40)32(45)42(30)28(20-8-9-20)18-41(49(46,47)25-14-15-25)27-7-2-1-6-26(27)37/h1-7,10-13,16,20,25,28,30-31H,8-9,14-15,17-19H2,(H,43,44). The number of carbonyl (C=O) groups is 2. The lowest BCUT2D eigenvalue weighted by Crippen LogP contribution is -2.65. The molecule has 262 valence electrons. The van der Waals surface area contributed by atoms with Crippen molar-refractivity contribution >= 4 is 50.8 Å². The number of morpholine rings is 1. The Kier molecular flexibility index (Phi) is 9.68. The maximum atomic E-state index is 15.4. The molecule has 0 radical (unpaired) electrons. The zero-order valence-corrected chi connectivity index (χ0v) is 28.2. The summed E-state index contributed by atoms with van der Waals surface area (Å²) in [5, 5.41) is 9.66. The van der Waals surface area contributed by atoms with Gasteiger partial charge in [0.05, 0.1) is 42.4 Å². The number of hydrogen-bond donors (Lipinski definition) is 1. The Morgan fingerprint density at radius 3 is 2.22 bits per heavy atom. The second-order valence-electron chi connectivity index (χ2n) is 12.8. The van der Waals surface area contributed by atoms with Crippen molar-refractivity contribution < 1.29 is 45.4 Å². The van der Waals surface area contributed by atoms with Crippen LogP contribution in [0.5, 0.6) is 0 Å². The number of anilines is 1. The van der Waals surface area contributed by atoms with Crippen molar-refractivity contribution in [2.45, 2.75) is 73.7 Å². The van der Waals surface area contributed by atoms with Gasteiger partial charge in [-0.15, -0.1) is 0 Å². The van der Waals surface area contributed by atoms with Crippen LogP contribution in [0.3, 0.4) is 0 Å². The Labute approximate surface area is 290 Å². The van der Waals surface area contributed by atoms with Crippen LogP contribution in [-0.2, 0) is 24.3 Å². The third-order valence-electron chi connectivity index (χ3n) is 9.13. The molecule has 6 rings (SSSR count). The first-order valence-corrected chi connectivity index (χ1v) is 17.9. The molecule has 4 unspecified atom stereocenters. The number of nitrogens with zero attached hydrogens (tertiary/aromatic N) is 2. The highest BCUT2D eigenvalue weighted by Crippen LogP contribution is 2.53. The smallest absolute Gasteiger partial charge is 0.392 e. The maximum Gasteiger partial charge on any atom is 0.392 e. The molecule has 1 saturated heterocycles. The van der Waals surface area contributed by atoms with E-state index in [9.17, 15) is 36.3 Å². The summed E-state index contributed by atoms with van der Waals surface area (Å²) >= 11 is 12.5. The molecule has 49 heavy (non-hydrogen) atoms. The number of carboxylic acid groups (broad SMARTS) is 1. The van der Waals surface area contributed by atoms with Gasteiger partial charge >= 0.3 is 12.1 Å². The van der Waals surface area contributed by atoms with E-state index in [2.05, 4.69) is 0 Å². The molecule has 3 aromatic carbocycles. The number of benzene rings is 3. The largest absolute Gasteiger partial charge is 0.481 e. The molecule has 8 nitrogen and oxygen atoms in total. The topological polar surface area (TPSA) is 104 Å². The van der Waals surface area contributed by atoms with Crippen molar-refractivity contribution in [2.75, 3.05) is 10.8 Å². The van der Waals surface area contributed by atoms with E-state index in [1.165, 1.54) is 47.4 Å². The van der Waals surface area contributed by atoms with Crippen LogP contribution >= 0.6 is 23.2 Å². The highest BCUT2D eigenvalue weighted by atomic mass is 35.5. The average molecular weight is 744 g/mol. The molecule has 1 heterocycles. The van der Waals surface area contributed by atoms with Crippen molar-refractivity contribution in [1.29, 1.82) is 0 Å². The minimum atomic E-state index is -5.05. The Hall–Kier alpha value is -3.39. The number of amides is 1. The summed E-state index contributed by atoms with van der Waals surface area (Å²) in [6.07, 6.45) is -8.05. The number of ether oxygens (including phenoxy) is 1. The fourth-order valence-electron chi connectivity index (χ4n) is 6.67. The van der Waals surface area contributed by atoms with Crippen LogP contribution in [0.4, 0.5) is 23.2 Å². The molecule has 3 fully saturated rings. The van der Waals surface area contributed by atoms with Crippen molar-refractivity contribution in [3.8, 4) is 0 Å². The molecule has 2 saturated carbocycles. The molecule has 4 atom stereocenters. The fraction of sp³-hybridized carbons (Fsp3) is 0.412. The van der Waals surface area contributed by atoms with Crippen LogP contribution in [-0.4, -0.2) is 59.9 Å². The van der Waals surface area contributed by atoms with Crippen molar-refractivity contribution in [1.82, 2.24) is 4.90 Å². The minimum absolute atomic E-state index is 0.207. The lowest BCUT2D eigenvalue weighted by Gasteiger charge is -2.53. The predicted octanol–water partition coefficient (Wildman–Crippen LogP) is 7.72. The molecule has 0 spiro atoms. The van der Waals surface area contributed by atoms with Gasteiger partial charge in [0.1, 0.15) is 11.9 Å². The number of alkyl halides is 3. The maximum absolute atomic E-state index is 15.4. The normalized spacial score (nSPS) is 23.7. The number of aliphatic carboxylic acids is 1. The van der Waals surface area contributed by atoms with Crippen LogP contribution in [0, 0.1) is 11.7 Å². The molecule has 0 aromatic heterocycles. The van der Waals surface area contributed by atoms with E-state index in [0.29, 0.717) is 36.3 Å². The third kappa shape index (κ3) is 7.54. The zero-order valence-electron chi connectivity index (χ0n) is 25.8. The van der Waals surface area contributed by atoms with Gasteiger partial charge in [0.25, 0.3) is 5.91 Å². The third-order valence-corrected chi connectivity index (χ3v) is 11.9. The second-order valence-corrected chi connectivity index (χ2v) is 15.8. The van der Waals surface area contributed by atoms with Crippen molar-refractivity contribution in [3.05, 3.63) is 99.8 Å². The van der Waals surface area contributed by atoms with E-state index in [1.807, 2.05) is 0 Å². The Bertz CT molecular complexity index is 1840.